The summed E-state index contributed by atoms with van der Waals surface area (Å²) in [7, 11) is 0. The fourth-order valence-electron chi connectivity index (χ4n) is 2.80. The second kappa shape index (κ2) is 5.11. The van der Waals surface area contributed by atoms with Gasteiger partial charge in [0.1, 0.15) is 0 Å². The van der Waals surface area contributed by atoms with Gasteiger partial charge in [0.25, 0.3) is 0 Å². The van der Waals surface area contributed by atoms with Gasteiger partial charge in [-0.05, 0) is 67.7 Å². The molecule has 0 heterocycles. The molecule has 2 aliphatic carbocycles. The predicted molar refractivity (Wildman–Crippen MR) is 74.8 cm³/mol. The summed E-state index contributed by atoms with van der Waals surface area (Å²) >= 11 is 3.52. The van der Waals surface area contributed by atoms with E-state index in [0.717, 1.165) is 24.3 Å². The highest BCUT2D eigenvalue weighted by atomic mass is 79.9. The van der Waals surface area contributed by atoms with Gasteiger partial charge in [-0.3, -0.25) is 0 Å². The smallest absolute Gasteiger partial charge is 0.0206 e. The van der Waals surface area contributed by atoms with E-state index < -0.39 is 0 Å². The van der Waals surface area contributed by atoms with Gasteiger partial charge in [-0.25, -0.2) is 0 Å². The molecule has 2 saturated carbocycles. The molecule has 1 aromatic carbocycles. The first-order valence-electron chi connectivity index (χ1n) is 6.78. The molecule has 2 aliphatic rings. The van der Waals surface area contributed by atoms with Gasteiger partial charge in [0.2, 0.25) is 0 Å². The first-order chi connectivity index (χ1) is 8.33. The molecule has 0 radical (unpaired) electrons. The summed E-state index contributed by atoms with van der Waals surface area (Å²) in [5, 5.41) is 3.65. The van der Waals surface area contributed by atoms with E-state index in [1.807, 2.05) is 0 Å². The van der Waals surface area contributed by atoms with Crippen molar-refractivity contribution in [3.63, 3.8) is 0 Å². The zero-order chi connectivity index (χ0) is 11.7. The normalized spacial score (nSPS) is 19.9. The molecule has 0 aromatic heterocycles. The van der Waals surface area contributed by atoms with Crippen LogP contribution in [0.3, 0.4) is 0 Å². The van der Waals surface area contributed by atoms with Crippen molar-refractivity contribution in [3.05, 3.63) is 34.3 Å². The van der Waals surface area contributed by atoms with Crippen LogP contribution in [0.5, 0.6) is 0 Å². The van der Waals surface area contributed by atoms with E-state index in [1.54, 1.807) is 0 Å². The van der Waals surface area contributed by atoms with Crippen molar-refractivity contribution in [3.8, 4) is 0 Å². The molecule has 3 rings (SSSR count). The molecule has 1 N–H and O–H groups in total. The molecule has 0 spiro atoms. The Morgan fingerprint density at radius 1 is 1.18 bits per heavy atom. The molecule has 2 fully saturated rings. The zero-order valence-electron chi connectivity index (χ0n) is 10.2. The summed E-state index contributed by atoms with van der Waals surface area (Å²) < 4.78 is 1.18. The van der Waals surface area contributed by atoms with Crippen molar-refractivity contribution < 1.29 is 0 Å². The zero-order valence-corrected chi connectivity index (χ0v) is 11.7. The molecule has 17 heavy (non-hydrogen) atoms. The molecule has 1 aromatic rings. The van der Waals surface area contributed by atoms with Gasteiger partial charge in [-0.15, -0.1) is 0 Å². The van der Waals surface area contributed by atoms with Crippen LogP contribution in [0.2, 0.25) is 0 Å². The minimum Gasteiger partial charge on any atom is -0.312 e. The molecule has 1 nitrogen and oxygen atoms in total. The summed E-state index contributed by atoms with van der Waals surface area (Å²) in [6.07, 6.45) is 5.94. The van der Waals surface area contributed by atoms with Crippen LogP contribution in [-0.4, -0.2) is 6.54 Å². The van der Waals surface area contributed by atoms with Crippen LogP contribution in [-0.2, 0) is 6.54 Å². The monoisotopic (exact) mass is 293 g/mol. The van der Waals surface area contributed by atoms with Gasteiger partial charge in [-0.2, -0.15) is 0 Å². The number of hydrogen-bond acceptors (Lipinski definition) is 1. The van der Waals surface area contributed by atoms with Gasteiger partial charge < -0.3 is 5.32 Å². The van der Waals surface area contributed by atoms with Crippen molar-refractivity contribution >= 4 is 15.9 Å². The SMILES string of the molecule is Brc1cccc(CNCC(C2CC2)C2CC2)c1. The molecular formula is C15H20BrN. The van der Waals surface area contributed by atoms with Crippen molar-refractivity contribution in [1.82, 2.24) is 5.32 Å². The van der Waals surface area contributed by atoms with E-state index in [4.69, 9.17) is 0 Å². The van der Waals surface area contributed by atoms with Gasteiger partial charge in [0.05, 0.1) is 0 Å². The molecule has 0 unspecified atom stereocenters. The first-order valence-corrected chi connectivity index (χ1v) is 7.57. The minimum atomic E-state index is 0.974. The van der Waals surface area contributed by atoms with Crippen LogP contribution in [0, 0.1) is 17.8 Å². The third-order valence-electron chi connectivity index (χ3n) is 4.05. The Hall–Kier alpha value is -0.340. The predicted octanol–water partition coefficient (Wildman–Crippen LogP) is 3.97. The third kappa shape index (κ3) is 3.32. The number of benzene rings is 1. The highest BCUT2D eigenvalue weighted by Gasteiger charge is 2.40. The van der Waals surface area contributed by atoms with E-state index >= 15 is 0 Å². The molecule has 2 heteroatoms. The fraction of sp³-hybridized carbons (Fsp3) is 0.600. The van der Waals surface area contributed by atoms with E-state index in [9.17, 15) is 0 Å². The summed E-state index contributed by atoms with van der Waals surface area (Å²) in [5.41, 5.74) is 1.38. The maximum Gasteiger partial charge on any atom is 0.0206 e. The topological polar surface area (TPSA) is 12.0 Å². The average Bonchev–Trinajstić information content (AvgIpc) is 3.15. The molecule has 0 bridgehead atoms. The highest BCUT2D eigenvalue weighted by molar-refractivity contribution is 9.10. The minimum absolute atomic E-state index is 0.974. The van der Waals surface area contributed by atoms with Crippen molar-refractivity contribution in [2.45, 2.75) is 32.2 Å². The van der Waals surface area contributed by atoms with Crippen LogP contribution >= 0.6 is 15.9 Å². The molecule has 0 aliphatic heterocycles. The van der Waals surface area contributed by atoms with Gasteiger partial charge in [0.15, 0.2) is 0 Å². The molecule has 92 valence electrons. The summed E-state index contributed by atoms with van der Waals surface area (Å²) in [5.74, 6) is 3.08. The van der Waals surface area contributed by atoms with Crippen LogP contribution in [0.25, 0.3) is 0 Å². The maximum absolute atomic E-state index is 3.65. The third-order valence-corrected chi connectivity index (χ3v) is 4.55. The Labute approximate surface area is 112 Å². The second-order valence-electron chi connectivity index (χ2n) is 5.60. The lowest BCUT2D eigenvalue weighted by Gasteiger charge is -2.16. The number of hydrogen-bond donors (Lipinski definition) is 1. The Kier molecular flexibility index (Phi) is 3.53. The van der Waals surface area contributed by atoms with Gasteiger partial charge in [0, 0.05) is 11.0 Å². The van der Waals surface area contributed by atoms with E-state index in [-0.39, 0.29) is 0 Å². The summed E-state index contributed by atoms with van der Waals surface area (Å²) in [6.45, 7) is 2.23. The van der Waals surface area contributed by atoms with Gasteiger partial charge >= 0.3 is 0 Å². The lowest BCUT2D eigenvalue weighted by molar-refractivity contribution is 0.378. The second-order valence-corrected chi connectivity index (χ2v) is 6.52. The van der Waals surface area contributed by atoms with E-state index in [0.29, 0.717) is 0 Å². The quantitative estimate of drug-likeness (QED) is 0.837. The Morgan fingerprint density at radius 3 is 2.47 bits per heavy atom. The number of rotatable bonds is 6. The van der Waals surface area contributed by atoms with Crippen LogP contribution < -0.4 is 5.32 Å². The summed E-state index contributed by atoms with van der Waals surface area (Å²) in [6, 6.07) is 8.60. The molecule has 0 atom stereocenters. The fourth-order valence-corrected chi connectivity index (χ4v) is 3.24. The molecular weight excluding hydrogens is 274 g/mol. The van der Waals surface area contributed by atoms with Crippen LogP contribution in [0.1, 0.15) is 31.2 Å². The van der Waals surface area contributed by atoms with E-state index in [1.165, 1.54) is 42.3 Å². The molecule has 0 amide bonds. The highest BCUT2D eigenvalue weighted by Crippen LogP contribution is 2.48. The number of nitrogens with one attached hydrogen (secondary N) is 1. The number of halogens is 1. The Morgan fingerprint density at radius 2 is 1.88 bits per heavy atom. The lowest BCUT2D eigenvalue weighted by atomic mass is 9.98. The standard InChI is InChI=1S/C15H20BrN/c16-14-3-1-2-11(8-14)9-17-10-15(12-4-5-12)13-6-7-13/h1-3,8,12-13,15,17H,4-7,9-10H2. The summed E-state index contributed by atoms with van der Waals surface area (Å²) in [4.78, 5) is 0. The Balaban J connectivity index is 1.47. The van der Waals surface area contributed by atoms with E-state index in [2.05, 4.69) is 45.5 Å². The molecule has 0 saturated heterocycles. The van der Waals surface area contributed by atoms with Crippen molar-refractivity contribution in [2.75, 3.05) is 6.54 Å². The lowest BCUT2D eigenvalue weighted by Crippen LogP contribution is -2.25. The maximum atomic E-state index is 3.65. The van der Waals surface area contributed by atoms with Crippen LogP contribution in [0.4, 0.5) is 0 Å². The van der Waals surface area contributed by atoms with Crippen molar-refractivity contribution in [2.24, 2.45) is 17.8 Å². The average molecular weight is 294 g/mol. The van der Waals surface area contributed by atoms with Crippen LogP contribution in [0.15, 0.2) is 28.7 Å². The largest absolute Gasteiger partial charge is 0.312 e. The Bertz CT molecular complexity index is 370. The first kappa shape index (κ1) is 11.7. The van der Waals surface area contributed by atoms with Crippen molar-refractivity contribution in [1.29, 1.82) is 0 Å². The van der Waals surface area contributed by atoms with Gasteiger partial charge in [-0.1, -0.05) is 28.1 Å².